The van der Waals surface area contributed by atoms with Crippen molar-refractivity contribution in [2.24, 2.45) is 0 Å². The predicted octanol–water partition coefficient (Wildman–Crippen LogP) is -0.273. The Labute approximate surface area is 102 Å². The Morgan fingerprint density at radius 1 is 1.65 bits per heavy atom. The number of carbonyl (C=O) groups excluding carboxylic acids is 1. The van der Waals surface area contributed by atoms with E-state index >= 15 is 0 Å². The fourth-order valence-corrected chi connectivity index (χ4v) is 2.36. The molecule has 2 rings (SSSR count). The predicted molar refractivity (Wildman–Crippen MR) is 63.4 cm³/mol. The highest BCUT2D eigenvalue weighted by Gasteiger charge is 2.35. The highest BCUT2D eigenvalue weighted by atomic mass is 19.1. The molecule has 100 valence electrons. The summed E-state index contributed by atoms with van der Waals surface area (Å²) in [5.41, 5.74) is 0. The minimum absolute atomic E-state index is 0. The summed E-state index contributed by atoms with van der Waals surface area (Å²) < 4.78 is 19.1. The van der Waals surface area contributed by atoms with E-state index in [1.165, 1.54) is 0 Å². The third-order valence-electron chi connectivity index (χ3n) is 3.29. The van der Waals surface area contributed by atoms with Crippen molar-refractivity contribution in [1.29, 1.82) is 0 Å². The van der Waals surface area contributed by atoms with Gasteiger partial charge in [-0.25, -0.2) is 4.39 Å². The van der Waals surface area contributed by atoms with E-state index in [0.29, 0.717) is 32.8 Å². The summed E-state index contributed by atoms with van der Waals surface area (Å²) in [7, 11) is 0. The molecule has 0 aromatic heterocycles. The van der Waals surface area contributed by atoms with E-state index in [1.807, 2.05) is 6.92 Å². The quantitative estimate of drug-likeness (QED) is 0.720. The fraction of sp³-hybridized carbons (Fsp3) is 0.909. The van der Waals surface area contributed by atoms with Crippen LogP contribution in [0.25, 0.3) is 0 Å². The Hall–Kier alpha value is -0.720. The van der Waals surface area contributed by atoms with Gasteiger partial charge in [0.15, 0.2) is 0 Å². The van der Waals surface area contributed by atoms with Gasteiger partial charge in [-0.3, -0.25) is 10.1 Å². The maximum atomic E-state index is 13.8. The zero-order valence-electron chi connectivity index (χ0n) is 10.1. The summed E-state index contributed by atoms with van der Waals surface area (Å²) in [6.07, 6.45) is -0.832. The number of hydrogen-bond acceptors (Lipinski definition) is 4. The number of alkyl halides is 1. The summed E-state index contributed by atoms with van der Waals surface area (Å²) in [6, 6.07) is -0.203. The molecule has 2 N–H and O–H groups in total. The average Bonchev–Trinajstić information content (AvgIpc) is 2.84. The number of piperidine rings is 1. The molecule has 0 saturated carbocycles. The van der Waals surface area contributed by atoms with Gasteiger partial charge in [-0.05, 0) is 13.3 Å². The number of hydrogen-bond donors (Lipinski definition) is 2. The molecule has 0 spiro atoms. The lowest BCUT2D eigenvalue weighted by atomic mass is 10.0. The minimum Gasteiger partial charge on any atom is -0.375 e. The molecule has 5 nitrogen and oxygen atoms in total. The van der Waals surface area contributed by atoms with Gasteiger partial charge in [0.05, 0.1) is 12.6 Å². The maximum absolute atomic E-state index is 13.8. The van der Waals surface area contributed by atoms with Crippen LogP contribution in [0, 0.1) is 0 Å². The first-order valence-electron chi connectivity index (χ1n) is 6.21. The lowest BCUT2D eigenvalue weighted by Crippen LogP contribution is -2.53. The molecule has 0 aromatic rings. The molecule has 3 atom stereocenters. The Morgan fingerprint density at radius 3 is 3.06 bits per heavy atom. The smallest absolute Gasteiger partial charge is 0.241 e. The van der Waals surface area contributed by atoms with E-state index in [-0.39, 0.29) is 26.0 Å². The summed E-state index contributed by atoms with van der Waals surface area (Å²) >= 11 is 0. The number of rotatable bonds is 3. The first-order chi connectivity index (χ1) is 8.22. The van der Waals surface area contributed by atoms with E-state index in [2.05, 4.69) is 10.6 Å². The van der Waals surface area contributed by atoms with Gasteiger partial charge >= 0.3 is 0 Å². The van der Waals surface area contributed by atoms with Crippen LogP contribution in [0.15, 0.2) is 0 Å². The first kappa shape index (κ1) is 12.7. The highest BCUT2D eigenvalue weighted by Crippen LogP contribution is 2.18. The molecular weight excluding hydrogens is 225 g/mol. The molecule has 0 aliphatic carbocycles. The van der Waals surface area contributed by atoms with Crippen molar-refractivity contribution in [2.45, 2.75) is 31.7 Å². The van der Waals surface area contributed by atoms with Gasteiger partial charge in [-0.15, -0.1) is 0 Å². The molecule has 1 unspecified atom stereocenters. The number of nitrogens with zero attached hydrogens (tertiary/aromatic N) is 1. The second kappa shape index (κ2) is 5.75. The third-order valence-corrected chi connectivity index (χ3v) is 3.29. The molecule has 2 aliphatic rings. The van der Waals surface area contributed by atoms with E-state index in [4.69, 9.17) is 4.74 Å². The first-order valence-corrected chi connectivity index (χ1v) is 6.21. The van der Waals surface area contributed by atoms with Crippen LogP contribution in [0.4, 0.5) is 4.39 Å². The van der Waals surface area contributed by atoms with Crippen LogP contribution in [0.3, 0.4) is 0 Å². The molecule has 0 radical (unpaired) electrons. The van der Waals surface area contributed by atoms with Gasteiger partial charge in [-0.2, -0.15) is 0 Å². The molecule has 17 heavy (non-hydrogen) atoms. The topological polar surface area (TPSA) is 53.6 Å². The Balaban J connectivity index is 0.00000162. The second-order valence-corrected chi connectivity index (χ2v) is 4.47. The van der Waals surface area contributed by atoms with Gasteiger partial charge in [-0.1, -0.05) is 0 Å². The van der Waals surface area contributed by atoms with Gasteiger partial charge in [0, 0.05) is 27.8 Å². The van der Waals surface area contributed by atoms with Gasteiger partial charge in [0.1, 0.15) is 12.2 Å². The Bertz CT molecular complexity index is 277. The highest BCUT2D eigenvalue weighted by molar-refractivity contribution is 5.82. The average molecular weight is 247 g/mol. The normalized spacial score (nSPS) is 34.0. The van der Waals surface area contributed by atoms with Gasteiger partial charge in [0.2, 0.25) is 5.91 Å². The molecule has 2 saturated heterocycles. The van der Waals surface area contributed by atoms with Crippen LogP contribution in [-0.2, 0) is 9.53 Å². The van der Waals surface area contributed by atoms with Crippen molar-refractivity contribution >= 4 is 5.91 Å². The molecule has 2 fully saturated rings. The molecule has 0 bridgehead atoms. The van der Waals surface area contributed by atoms with E-state index in [1.54, 1.807) is 4.90 Å². The maximum Gasteiger partial charge on any atom is 0.241 e. The van der Waals surface area contributed by atoms with Crippen LogP contribution in [0.5, 0.6) is 0 Å². The molecular formula is C11H22FN3O2. The van der Waals surface area contributed by atoms with E-state index in [0.717, 1.165) is 0 Å². The van der Waals surface area contributed by atoms with Crippen molar-refractivity contribution in [2.75, 3.05) is 32.9 Å². The van der Waals surface area contributed by atoms with Crippen molar-refractivity contribution in [3.63, 3.8) is 0 Å². The number of ether oxygens (including phenoxy) is 1. The third kappa shape index (κ3) is 2.94. The zero-order valence-corrected chi connectivity index (χ0v) is 10.1. The van der Waals surface area contributed by atoms with Crippen LogP contribution in [0.1, 0.15) is 14.8 Å². The molecule has 2 aliphatic heterocycles. The lowest BCUT2D eigenvalue weighted by molar-refractivity contribution is -0.138. The molecule has 2 heterocycles. The summed E-state index contributed by atoms with van der Waals surface area (Å²) in [6.45, 7) is 4.39. The standard InChI is InChI=1S/C11H20FN3O2.H2/c1-2-17-10-3-4-15(6-8(10)12)11(16)9-5-13-7-14-9;/h8-10,13-14H,2-7H2,1H3;1H/t8-,9?,10+;/m1./s1. The monoisotopic (exact) mass is 247 g/mol. The number of carbonyl (C=O) groups is 1. The summed E-state index contributed by atoms with van der Waals surface area (Å²) in [5.74, 6) is -0.00685. The number of likely N-dealkylation sites (tertiary alicyclic amines) is 1. The Morgan fingerprint density at radius 2 is 2.47 bits per heavy atom. The van der Waals surface area contributed by atoms with Crippen LogP contribution in [-0.4, -0.2) is 62.0 Å². The van der Waals surface area contributed by atoms with Gasteiger partial charge in [0.25, 0.3) is 0 Å². The fourth-order valence-electron chi connectivity index (χ4n) is 2.36. The summed E-state index contributed by atoms with van der Waals surface area (Å²) in [4.78, 5) is 13.6. The lowest BCUT2D eigenvalue weighted by Gasteiger charge is -2.35. The summed E-state index contributed by atoms with van der Waals surface area (Å²) in [5, 5.41) is 6.10. The van der Waals surface area contributed by atoms with Crippen LogP contribution in [0.2, 0.25) is 0 Å². The Kier molecular flexibility index (Phi) is 4.31. The molecule has 6 heteroatoms. The van der Waals surface area contributed by atoms with E-state index in [9.17, 15) is 9.18 Å². The molecule has 1 amide bonds. The molecule has 0 aromatic carbocycles. The van der Waals surface area contributed by atoms with Gasteiger partial charge < -0.3 is 15.0 Å². The minimum atomic E-state index is -1.07. The number of amides is 1. The number of halogens is 1. The van der Waals surface area contributed by atoms with E-state index < -0.39 is 6.17 Å². The van der Waals surface area contributed by atoms with Crippen molar-refractivity contribution < 1.29 is 15.3 Å². The zero-order chi connectivity index (χ0) is 12.3. The largest absolute Gasteiger partial charge is 0.375 e. The van der Waals surface area contributed by atoms with Crippen molar-refractivity contribution in [3.05, 3.63) is 0 Å². The number of nitrogens with one attached hydrogen (secondary N) is 2. The van der Waals surface area contributed by atoms with Crippen molar-refractivity contribution in [1.82, 2.24) is 15.5 Å². The van der Waals surface area contributed by atoms with Crippen molar-refractivity contribution in [3.8, 4) is 0 Å². The SMILES string of the molecule is CCO[C@H]1CCN(C(=O)C2CNCN2)C[C@H]1F.[HH]. The van der Waals surface area contributed by atoms with Crippen LogP contribution >= 0.6 is 0 Å². The van der Waals surface area contributed by atoms with Crippen LogP contribution < -0.4 is 10.6 Å². The second-order valence-electron chi connectivity index (χ2n) is 4.47.